The maximum Gasteiger partial charge on any atom is 0.329 e. The smallest absolute Gasteiger partial charge is 0.289 e. The first-order valence-corrected chi connectivity index (χ1v) is 17.4. The molecule has 4 heterocycles. The molecule has 50 heavy (non-hydrogen) atoms. The zero-order chi connectivity index (χ0) is 33.9. The number of aromatic nitrogens is 8. The van der Waals surface area contributed by atoms with Crippen LogP contribution >= 0.6 is 11.6 Å². The molecule has 0 amide bonds. The fourth-order valence-electron chi connectivity index (χ4n) is 6.94. The molecule has 0 aliphatic heterocycles. The molecule has 10 rings (SSSR count). The molecule has 2 saturated carbocycles. The van der Waals surface area contributed by atoms with E-state index in [2.05, 4.69) is 19.9 Å². The third-order valence-corrected chi connectivity index (χ3v) is 9.89. The molecule has 0 unspecified atom stereocenters. The number of hydrogen-bond acceptors (Lipinski definition) is 6. The summed E-state index contributed by atoms with van der Waals surface area (Å²) >= 11 is 6.31. The van der Waals surface area contributed by atoms with Crippen LogP contribution < -0.4 is 11.4 Å². The van der Waals surface area contributed by atoms with E-state index in [0.717, 1.165) is 75.2 Å². The van der Waals surface area contributed by atoms with Crippen molar-refractivity contribution in [2.75, 3.05) is 0 Å². The topological polar surface area (TPSA) is 105 Å². The lowest BCUT2D eigenvalue weighted by Gasteiger charge is -2.06. The first-order chi connectivity index (χ1) is 24.4. The van der Waals surface area contributed by atoms with E-state index >= 15 is 0 Å². The Morgan fingerprint density at radius 1 is 0.560 bits per heavy atom. The largest absolute Gasteiger partial charge is 0.329 e. The van der Waals surface area contributed by atoms with Crippen molar-refractivity contribution in [3.05, 3.63) is 141 Å². The van der Waals surface area contributed by atoms with E-state index in [0.29, 0.717) is 42.0 Å². The van der Waals surface area contributed by atoms with Gasteiger partial charge in [0.2, 0.25) is 0 Å². The van der Waals surface area contributed by atoms with Gasteiger partial charge in [-0.1, -0.05) is 66.2 Å². The monoisotopic (exact) mass is 680 g/mol. The van der Waals surface area contributed by atoms with E-state index < -0.39 is 0 Å². The normalized spacial score (nSPS) is 14.4. The van der Waals surface area contributed by atoms with Crippen LogP contribution in [0.3, 0.4) is 0 Å². The van der Waals surface area contributed by atoms with Crippen molar-refractivity contribution in [2.45, 2.75) is 57.8 Å². The first kappa shape index (κ1) is 30.4. The SMILES string of the molecule is Cc1nc(Cn2c(=O)n(C3CC3)c3ccccc32)nc2ccccc12.O=c1n(Cc2nc(Cl)c3ccccc3n2)c2ccccc2n1C1CC1. The highest BCUT2D eigenvalue weighted by Crippen LogP contribution is 2.37. The zero-order valence-corrected chi connectivity index (χ0v) is 28.2. The van der Waals surface area contributed by atoms with Gasteiger partial charge < -0.3 is 0 Å². The van der Waals surface area contributed by atoms with E-state index in [4.69, 9.17) is 11.6 Å². The molecule has 2 fully saturated rings. The standard InChI is InChI=1S/C20H18N4O.C19H15ClN4O/c1-13-15-6-2-3-7-16(15)22-19(21-13)12-23-17-8-4-5-9-18(17)24(20(23)25)14-10-11-14;20-18-13-5-1-2-6-14(13)21-17(22-18)11-23-15-7-3-4-8-16(15)24(19(23)25)12-9-10-12/h2-9,14H,10-12H2,1H3;1-8,12H,9-11H2. The molecular weight excluding hydrogens is 648 g/mol. The molecule has 0 radical (unpaired) electrons. The number of rotatable bonds is 6. The molecule has 0 bridgehead atoms. The van der Waals surface area contributed by atoms with E-state index in [-0.39, 0.29) is 11.4 Å². The number of aryl methyl sites for hydroxylation is 1. The first-order valence-electron chi connectivity index (χ1n) is 17.0. The summed E-state index contributed by atoms with van der Waals surface area (Å²) < 4.78 is 7.38. The van der Waals surface area contributed by atoms with E-state index in [9.17, 15) is 9.59 Å². The fraction of sp³-hybridized carbons (Fsp3) is 0.231. The fourth-order valence-corrected chi connectivity index (χ4v) is 7.20. The van der Waals surface area contributed by atoms with Crippen molar-refractivity contribution in [3.8, 4) is 0 Å². The Balaban J connectivity index is 0.000000135. The molecule has 0 N–H and O–H groups in total. The Labute approximate surface area is 291 Å². The molecule has 4 aromatic carbocycles. The lowest BCUT2D eigenvalue weighted by molar-refractivity contribution is 0.658. The molecule has 0 saturated heterocycles. The third kappa shape index (κ3) is 5.36. The highest BCUT2D eigenvalue weighted by atomic mass is 35.5. The van der Waals surface area contributed by atoms with E-state index in [1.807, 2.05) is 113 Å². The summed E-state index contributed by atoms with van der Waals surface area (Å²) in [4.78, 5) is 44.2. The van der Waals surface area contributed by atoms with Crippen molar-refractivity contribution < 1.29 is 0 Å². The molecule has 0 spiro atoms. The third-order valence-electron chi connectivity index (χ3n) is 9.60. The highest BCUT2D eigenvalue weighted by Gasteiger charge is 2.30. The van der Waals surface area contributed by atoms with Crippen LogP contribution in [0.25, 0.3) is 43.9 Å². The van der Waals surface area contributed by atoms with Gasteiger partial charge in [-0.15, -0.1) is 0 Å². The highest BCUT2D eigenvalue weighted by molar-refractivity contribution is 6.34. The van der Waals surface area contributed by atoms with Gasteiger partial charge in [0.05, 0.1) is 46.2 Å². The van der Waals surface area contributed by atoms with Gasteiger partial charge in [-0.25, -0.2) is 29.5 Å². The minimum atomic E-state index is -0.00317. The predicted octanol–water partition coefficient (Wildman–Crippen LogP) is 7.22. The lowest BCUT2D eigenvalue weighted by Crippen LogP contribution is -2.25. The number of fused-ring (bicyclic) bond motifs is 4. The van der Waals surface area contributed by atoms with Crippen LogP contribution in [0.2, 0.25) is 5.15 Å². The number of nitrogens with zero attached hydrogens (tertiary/aromatic N) is 8. The summed E-state index contributed by atoms with van der Waals surface area (Å²) in [6, 6.07) is 32.2. The molecule has 0 atom stereocenters. The summed E-state index contributed by atoms with van der Waals surface area (Å²) in [5, 5.41) is 2.29. The van der Waals surface area contributed by atoms with Crippen molar-refractivity contribution in [2.24, 2.45) is 0 Å². The van der Waals surface area contributed by atoms with Crippen LogP contribution in [0.5, 0.6) is 0 Å². The minimum absolute atomic E-state index is 0.00317. The van der Waals surface area contributed by atoms with Crippen LogP contribution in [0.4, 0.5) is 0 Å². The molecule has 11 heteroatoms. The molecule has 4 aromatic heterocycles. The average molecular weight is 681 g/mol. The molecule has 2 aliphatic carbocycles. The predicted molar refractivity (Wildman–Crippen MR) is 196 cm³/mol. The maximum atomic E-state index is 13.0. The van der Waals surface area contributed by atoms with Gasteiger partial charge in [-0.2, -0.15) is 0 Å². The summed E-state index contributed by atoms with van der Waals surface area (Å²) in [6.07, 6.45) is 4.29. The van der Waals surface area contributed by atoms with Crippen LogP contribution in [0.15, 0.2) is 107 Å². The number of benzene rings is 4. The summed E-state index contributed by atoms with van der Waals surface area (Å²) in [5.41, 5.74) is 6.53. The zero-order valence-electron chi connectivity index (χ0n) is 27.4. The van der Waals surface area contributed by atoms with Gasteiger partial charge >= 0.3 is 11.4 Å². The van der Waals surface area contributed by atoms with Crippen LogP contribution in [-0.2, 0) is 13.1 Å². The van der Waals surface area contributed by atoms with Crippen LogP contribution in [-0.4, -0.2) is 38.2 Å². The van der Waals surface area contributed by atoms with Crippen molar-refractivity contribution in [1.82, 2.24) is 38.2 Å². The quantitative estimate of drug-likeness (QED) is 0.172. The minimum Gasteiger partial charge on any atom is -0.289 e. The Kier molecular flexibility index (Phi) is 7.35. The molecular formula is C39H33ClN8O2. The molecule has 8 aromatic rings. The summed E-state index contributed by atoms with van der Waals surface area (Å²) in [6.45, 7) is 2.69. The second-order valence-electron chi connectivity index (χ2n) is 13.1. The van der Waals surface area contributed by atoms with Gasteiger partial charge in [-0.3, -0.25) is 18.3 Å². The van der Waals surface area contributed by atoms with Gasteiger partial charge in [0, 0.05) is 28.6 Å². The van der Waals surface area contributed by atoms with Gasteiger partial charge in [0.25, 0.3) is 0 Å². The van der Waals surface area contributed by atoms with Crippen molar-refractivity contribution in [3.63, 3.8) is 0 Å². The number of hydrogen-bond donors (Lipinski definition) is 0. The Morgan fingerprint density at radius 3 is 1.50 bits per heavy atom. The van der Waals surface area contributed by atoms with Gasteiger partial charge in [0.1, 0.15) is 11.0 Å². The number of halogens is 1. The maximum absolute atomic E-state index is 13.0. The van der Waals surface area contributed by atoms with Crippen LogP contribution in [0, 0.1) is 6.92 Å². The second kappa shape index (κ2) is 12.1. The number of imidazole rings is 2. The Bertz CT molecular complexity index is 2530. The van der Waals surface area contributed by atoms with Gasteiger partial charge in [0.15, 0.2) is 5.82 Å². The van der Waals surface area contributed by atoms with E-state index in [1.165, 1.54) is 0 Å². The van der Waals surface area contributed by atoms with Gasteiger partial charge in [-0.05, 0) is 75.1 Å². The summed E-state index contributed by atoms with van der Waals surface area (Å²) in [7, 11) is 0. The molecule has 2 aliphatic rings. The van der Waals surface area contributed by atoms with Crippen LogP contribution in [0.1, 0.15) is 55.1 Å². The van der Waals surface area contributed by atoms with E-state index in [1.54, 1.807) is 9.13 Å². The van der Waals surface area contributed by atoms with Crippen molar-refractivity contribution >= 4 is 55.5 Å². The number of para-hydroxylation sites is 6. The Morgan fingerprint density at radius 2 is 0.980 bits per heavy atom. The molecule has 248 valence electrons. The molecule has 10 nitrogen and oxygen atoms in total. The van der Waals surface area contributed by atoms with Crippen molar-refractivity contribution in [1.29, 1.82) is 0 Å². The average Bonchev–Trinajstić information content (AvgIpc) is 4.08. The summed E-state index contributed by atoms with van der Waals surface area (Å²) in [5.74, 6) is 1.22. The Hall–Kier alpha value is -5.61. The second-order valence-corrected chi connectivity index (χ2v) is 13.5. The lowest BCUT2D eigenvalue weighted by atomic mass is 10.2.